The van der Waals surface area contributed by atoms with Crippen LogP contribution in [0.1, 0.15) is 23.6 Å². The largest absolute Gasteiger partial charge is 0.355 e. The normalized spacial score (nSPS) is 12.0. The molecule has 0 saturated heterocycles. The second-order valence-electron chi connectivity index (χ2n) is 8.95. The minimum absolute atomic E-state index is 0.0279. The van der Waals surface area contributed by atoms with Gasteiger partial charge in [-0.3, -0.25) is 13.9 Å². The van der Waals surface area contributed by atoms with Crippen LogP contribution in [0.4, 0.5) is 10.1 Å². The van der Waals surface area contributed by atoms with E-state index in [0.717, 1.165) is 16.1 Å². The van der Waals surface area contributed by atoms with Crippen molar-refractivity contribution >= 4 is 39.1 Å². The number of nitrogens with zero attached hydrogens (tertiary/aromatic N) is 2. The van der Waals surface area contributed by atoms with E-state index in [1.165, 1.54) is 35.2 Å². The number of aryl methyl sites for hydroxylation is 1. The van der Waals surface area contributed by atoms with Gasteiger partial charge in [-0.05, 0) is 54.8 Å². The molecule has 0 fully saturated rings. The van der Waals surface area contributed by atoms with Crippen molar-refractivity contribution in [1.29, 1.82) is 0 Å². The topological polar surface area (TPSA) is 86.8 Å². The highest BCUT2D eigenvalue weighted by molar-refractivity contribution is 7.92. The molecule has 3 aromatic carbocycles. The molecule has 0 aliphatic carbocycles. The van der Waals surface area contributed by atoms with Crippen molar-refractivity contribution in [2.24, 2.45) is 0 Å². The summed E-state index contributed by atoms with van der Waals surface area (Å²) in [5, 5.41) is 3.10. The fraction of sp³-hybridized carbons (Fsp3) is 0.286. The third-order valence-electron chi connectivity index (χ3n) is 6.01. The van der Waals surface area contributed by atoms with Crippen LogP contribution in [0.2, 0.25) is 5.02 Å². The van der Waals surface area contributed by atoms with E-state index in [1.54, 1.807) is 26.0 Å². The van der Waals surface area contributed by atoms with Gasteiger partial charge < -0.3 is 10.2 Å². The van der Waals surface area contributed by atoms with Gasteiger partial charge in [-0.2, -0.15) is 0 Å². The van der Waals surface area contributed by atoms with Crippen LogP contribution in [0.25, 0.3) is 0 Å². The Morgan fingerprint density at radius 1 is 1.00 bits per heavy atom. The van der Waals surface area contributed by atoms with E-state index >= 15 is 0 Å². The summed E-state index contributed by atoms with van der Waals surface area (Å²) in [5.74, 6) is -1.40. The first-order valence-electron chi connectivity index (χ1n) is 12.1. The Morgan fingerprint density at radius 2 is 1.66 bits per heavy atom. The smallest absolute Gasteiger partial charge is 0.244 e. The predicted octanol–water partition coefficient (Wildman–Crippen LogP) is 4.33. The molecule has 0 bridgehead atoms. The number of hydrogen-bond acceptors (Lipinski definition) is 4. The van der Waals surface area contributed by atoms with E-state index < -0.39 is 34.3 Å². The average Bonchev–Trinajstić information content (AvgIpc) is 2.87. The standard InChI is InChI=1S/C28H31ClFN3O4S/c1-4-31-28(35)26(16-21-8-6-5-7-9-21)32(18-22-11-14-24(30)15-12-22)27(34)19-33(38(3,36)37)25-17-23(29)13-10-20(25)2/h5-15,17,26H,4,16,18-19H2,1-3H3,(H,31,35)/t26-/m1/s1. The summed E-state index contributed by atoms with van der Waals surface area (Å²) < 4.78 is 40.3. The zero-order valence-corrected chi connectivity index (χ0v) is 23.1. The summed E-state index contributed by atoms with van der Waals surface area (Å²) in [4.78, 5) is 28.5. The first-order valence-corrected chi connectivity index (χ1v) is 14.3. The molecule has 0 saturated carbocycles. The number of carbonyl (C=O) groups excluding carboxylic acids is 2. The molecule has 1 atom stereocenters. The van der Waals surface area contributed by atoms with Crippen molar-refractivity contribution in [3.8, 4) is 0 Å². The molecule has 3 rings (SSSR count). The van der Waals surface area contributed by atoms with Crippen molar-refractivity contribution in [1.82, 2.24) is 10.2 Å². The summed E-state index contributed by atoms with van der Waals surface area (Å²) in [6.45, 7) is 3.26. The zero-order valence-electron chi connectivity index (χ0n) is 21.5. The monoisotopic (exact) mass is 559 g/mol. The molecule has 0 aliphatic heterocycles. The van der Waals surface area contributed by atoms with E-state index in [2.05, 4.69) is 5.32 Å². The first-order chi connectivity index (χ1) is 18.0. The van der Waals surface area contributed by atoms with Crippen molar-refractivity contribution in [3.63, 3.8) is 0 Å². The summed E-state index contributed by atoms with van der Waals surface area (Å²) in [6.07, 6.45) is 1.21. The number of hydrogen-bond donors (Lipinski definition) is 1. The fourth-order valence-corrected chi connectivity index (χ4v) is 5.14. The Hall–Kier alpha value is -3.43. The van der Waals surface area contributed by atoms with E-state index in [4.69, 9.17) is 11.6 Å². The third-order valence-corrected chi connectivity index (χ3v) is 7.37. The quantitative estimate of drug-likeness (QED) is 0.379. The van der Waals surface area contributed by atoms with Crippen LogP contribution in [0, 0.1) is 12.7 Å². The van der Waals surface area contributed by atoms with Crippen LogP contribution in [0.15, 0.2) is 72.8 Å². The molecule has 0 aliphatic rings. The molecule has 202 valence electrons. The number of carbonyl (C=O) groups is 2. The van der Waals surface area contributed by atoms with Gasteiger partial charge in [-0.25, -0.2) is 12.8 Å². The average molecular weight is 560 g/mol. The van der Waals surface area contributed by atoms with Crippen LogP contribution in [-0.4, -0.2) is 50.5 Å². The minimum Gasteiger partial charge on any atom is -0.355 e. The fourth-order valence-electron chi connectivity index (χ4n) is 4.08. The molecular weight excluding hydrogens is 529 g/mol. The van der Waals surface area contributed by atoms with Gasteiger partial charge in [0.1, 0.15) is 18.4 Å². The highest BCUT2D eigenvalue weighted by atomic mass is 35.5. The lowest BCUT2D eigenvalue weighted by Gasteiger charge is -2.33. The zero-order chi connectivity index (χ0) is 27.9. The van der Waals surface area contributed by atoms with Gasteiger partial charge in [0.15, 0.2) is 0 Å². The number of benzene rings is 3. The third kappa shape index (κ3) is 7.79. The van der Waals surface area contributed by atoms with E-state index in [9.17, 15) is 22.4 Å². The summed E-state index contributed by atoms with van der Waals surface area (Å²) >= 11 is 6.15. The van der Waals surface area contributed by atoms with E-state index in [-0.39, 0.29) is 24.6 Å². The highest BCUT2D eigenvalue weighted by Gasteiger charge is 2.33. The van der Waals surface area contributed by atoms with Gasteiger partial charge in [0.25, 0.3) is 0 Å². The van der Waals surface area contributed by atoms with Crippen LogP contribution >= 0.6 is 11.6 Å². The van der Waals surface area contributed by atoms with Gasteiger partial charge in [0, 0.05) is 24.5 Å². The summed E-state index contributed by atoms with van der Waals surface area (Å²) in [7, 11) is -3.90. The first kappa shape index (κ1) is 29.1. The molecule has 2 amide bonds. The molecule has 0 unspecified atom stereocenters. The Balaban J connectivity index is 2.06. The molecule has 3 aromatic rings. The van der Waals surface area contributed by atoms with Gasteiger partial charge in [-0.1, -0.05) is 60.1 Å². The van der Waals surface area contributed by atoms with E-state index in [0.29, 0.717) is 22.7 Å². The van der Waals surface area contributed by atoms with Crippen LogP contribution in [0.5, 0.6) is 0 Å². The lowest BCUT2D eigenvalue weighted by atomic mass is 10.0. The van der Waals surface area contributed by atoms with Gasteiger partial charge in [0.2, 0.25) is 21.8 Å². The lowest BCUT2D eigenvalue weighted by Crippen LogP contribution is -2.53. The van der Waals surface area contributed by atoms with Crippen molar-refractivity contribution in [2.75, 3.05) is 23.7 Å². The van der Waals surface area contributed by atoms with Gasteiger partial charge in [0.05, 0.1) is 11.9 Å². The van der Waals surface area contributed by atoms with Crippen LogP contribution in [0.3, 0.4) is 0 Å². The highest BCUT2D eigenvalue weighted by Crippen LogP contribution is 2.27. The Morgan fingerprint density at radius 3 is 2.26 bits per heavy atom. The van der Waals surface area contributed by atoms with E-state index in [1.807, 2.05) is 30.3 Å². The molecule has 1 N–H and O–H groups in total. The van der Waals surface area contributed by atoms with Crippen LogP contribution < -0.4 is 9.62 Å². The van der Waals surface area contributed by atoms with Gasteiger partial charge in [-0.15, -0.1) is 0 Å². The minimum atomic E-state index is -3.90. The number of anilines is 1. The number of nitrogens with one attached hydrogen (secondary N) is 1. The molecule has 0 heterocycles. The van der Waals surface area contributed by atoms with Crippen molar-refractivity contribution in [3.05, 3.63) is 100 Å². The Bertz CT molecular complexity index is 1370. The molecular formula is C28H31ClFN3O4S. The molecule has 7 nitrogen and oxygen atoms in total. The SMILES string of the molecule is CCNC(=O)[C@@H](Cc1ccccc1)N(Cc1ccc(F)cc1)C(=O)CN(c1cc(Cl)ccc1C)S(C)(=O)=O. The maximum absolute atomic E-state index is 13.9. The summed E-state index contributed by atoms with van der Waals surface area (Å²) in [5.41, 5.74) is 2.30. The number of rotatable bonds is 11. The number of amides is 2. The summed E-state index contributed by atoms with van der Waals surface area (Å²) in [6, 6.07) is 18.7. The maximum atomic E-state index is 13.9. The van der Waals surface area contributed by atoms with Crippen molar-refractivity contribution in [2.45, 2.75) is 32.9 Å². The Kier molecular flexibility index (Phi) is 9.88. The predicted molar refractivity (Wildman–Crippen MR) is 148 cm³/mol. The van der Waals surface area contributed by atoms with Crippen LogP contribution in [-0.2, 0) is 32.6 Å². The molecule has 0 spiro atoms. The number of likely N-dealkylation sites (N-methyl/N-ethyl adjacent to an activating group) is 1. The Labute approximate surface area is 228 Å². The molecule has 10 heteroatoms. The molecule has 0 radical (unpaired) electrons. The number of halogens is 2. The lowest BCUT2D eigenvalue weighted by molar-refractivity contribution is -0.140. The maximum Gasteiger partial charge on any atom is 0.244 e. The number of sulfonamides is 1. The second kappa shape index (κ2) is 12.9. The van der Waals surface area contributed by atoms with Crippen molar-refractivity contribution < 1.29 is 22.4 Å². The molecule has 0 aromatic heterocycles. The van der Waals surface area contributed by atoms with Gasteiger partial charge >= 0.3 is 0 Å². The molecule has 38 heavy (non-hydrogen) atoms. The second-order valence-corrected chi connectivity index (χ2v) is 11.3.